The number of hydrogen-bond acceptors (Lipinski definition) is 3. The van der Waals surface area contributed by atoms with Crippen molar-refractivity contribution in [1.82, 2.24) is 5.32 Å². The fourth-order valence-electron chi connectivity index (χ4n) is 2.26. The maximum absolute atomic E-state index is 12.0. The van der Waals surface area contributed by atoms with Crippen LogP contribution in [0.1, 0.15) is 25.8 Å². The molecule has 1 aromatic rings. The lowest BCUT2D eigenvalue weighted by Crippen LogP contribution is -2.56. The van der Waals surface area contributed by atoms with Gasteiger partial charge in [-0.2, -0.15) is 0 Å². The fraction of sp³-hybridized carbons (Fsp3) is 0.562. The zero-order valence-corrected chi connectivity index (χ0v) is 12.4. The van der Waals surface area contributed by atoms with Gasteiger partial charge in [0.15, 0.2) is 0 Å². The molecule has 1 saturated heterocycles. The summed E-state index contributed by atoms with van der Waals surface area (Å²) in [5.74, 6) is 1.50. The van der Waals surface area contributed by atoms with Crippen molar-refractivity contribution in [2.45, 2.75) is 25.7 Å². The van der Waals surface area contributed by atoms with E-state index in [0.717, 1.165) is 24.3 Å². The van der Waals surface area contributed by atoms with Crippen molar-refractivity contribution in [3.05, 3.63) is 29.8 Å². The van der Waals surface area contributed by atoms with Crippen molar-refractivity contribution in [3.63, 3.8) is 0 Å². The van der Waals surface area contributed by atoms with E-state index in [0.29, 0.717) is 19.1 Å². The molecule has 0 bridgehead atoms. The molecule has 4 heteroatoms. The Hall–Kier alpha value is -1.55. The molecule has 1 aromatic carbocycles. The lowest BCUT2D eigenvalue weighted by molar-refractivity contribution is -0.144. The van der Waals surface area contributed by atoms with Gasteiger partial charge in [-0.15, -0.1) is 0 Å². The van der Waals surface area contributed by atoms with Gasteiger partial charge in [0.05, 0.1) is 19.8 Å². The first kappa shape index (κ1) is 14.9. The molecule has 1 fully saturated rings. The number of hydrogen-bond donors (Lipinski definition) is 1. The van der Waals surface area contributed by atoms with Gasteiger partial charge in [-0.05, 0) is 30.0 Å². The Balaban J connectivity index is 2.02. The van der Waals surface area contributed by atoms with E-state index in [1.54, 1.807) is 7.05 Å². The summed E-state index contributed by atoms with van der Waals surface area (Å²) in [5, 5.41) is 2.72. The van der Waals surface area contributed by atoms with Crippen LogP contribution in [0.15, 0.2) is 24.3 Å². The predicted octanol–water partition coefficient (Wildman–Crippen LogP) is 2.13. The quantitative estimate of drug-likeness (QED) is 0.866. The first-order valence-electron chi connectivity index (χ1n) is 7.12. The number of nitrogens with one attached hydrogen (secondary N) is 1. The molecule has 0 atom stereocenters. The summed E-state index contributed by atoms with van der Waals surface area (Å²) in [6, 6.07) is 7.78. The maximum Gasteiger partial charge on any atom is 0.235 e. The molecule has 0 spiro atoms. The second-order valence-electron chi connectivity index (χ2n) is 5.71. The van der Waals surface area contributed by atoms with Crippen molar-refractivity contribution in [2.24, 2.45) is 5.92 Å². The molecule has 0 aromatic heterocycles. The fourth-order valence-corrected chi connectivity index (χ4v) is 2.26. The van der Waals surface area contributed by atoms with Gasteiger partial charge < -0.3 is 14.8 Å². The summed E-state index contributed by atoms with van der Waals surface area (Å²) in [4.78, 5) is 12.0. The lowest BCUT2D eigenvalue weighted by Gasteiger charge is -2.39. The van der Waals surface area contributed by atoms with Crippen molar-refractivity contribution in [2.75, 3.05) is 26.9 Å². The third-order valence-corrected chi connectivity index (χ3v) is 3.73. The maximum atomic E-state index is 12.0. The molecule has 20 heavy (non-hydrogen) atoms. The molecule has 0 radical (unpaired) electrons. The molecule has 2 rings (SSSR count). The molecule has 0 aliphatic carbocycles. The van der Waals surface area contributed by atoms with E-state index >= 15 is 0 Å². The van der Waals surface area contributed by atoms with Crippen LogP contribution in [0.25, 0.3) is 0 Å². The minimum absolute atomic E-state index is 0.0113. The van der Waals surface area contributed by atoms with E-state index in [9.17, 15) is 4.79 Å². The van der Waals surface area contributed by atoms with Crippen LogP contribution in [-0.2, 0) is 14.9 Å². The normalized spacial score (nSPS) is 16.6. The number of amides is 1. The Morgan fingerprint density at radius 2 is 2.00 bits per heavy atom. The first-order chi connectivity index (χ1) is 9.58. The van der Waals surface area contributed by atoms with Gasteiger partial charge >= 0.3 is 0 Å². The van der Waals surface area contributed by atoms with E-state index in [1.807, 2.05) is 24.3 Å². The van der Waals surface area contributed by atoms with E-state index in [4.69, 9.17) is 9.47 Å². The van der Waals surface area contributed by atoms with Gasteiger partial charge in [-0.25, -0.2) is 0 Å². The lowest BCUT2D eigenvalue weighted by atomic mass is 9.78. The summed E-state index contributed by atoms with van der Waals surface area (Å²) in [5.41, 5.74) is 0.463. The zero-order valence-electron chi connectivity index (χ0n) is 12.4. The summed E-state index contributed by atoms with van der Waals surface area (Å²) >= 11 is 0. The molecule has 1 N–H and O–H groups in total. The Kier molecular flexibility index (Phi) is 4.65. The van der Waals surface area contributed by atoms with Gasteiger partial charge in [0.25, 0.3) is 0 Å². The van der Waals surface area contributed by atoms with E-state index in [-0.39, 0.29) is 5.91 Å². The molecule has 0 saturated carbocycles. The Labute approximate surface area is 120 Å². The molecular formula is C16H23NO3. The molecule has 1 heterocycles. The highest BCUT2D eigenvalue weighted by Crippen LogP contribution is 2.33. The molecule has 110 valence electrons. The number of rotatable bonds is 6. The monoisotopic (exact) mass is 277 g/mol. The molecule has 0 unspecified atom stereocenters. The molecule has 1 amide bonds. The molecule has 1 aliphatic heterocycles. The summed E-state index contributed by atoms with van der Waals surface area (Å²) in [6.45, 7) is 5.97. The summed E-state index contributed by atoms with van der Waals surface area (Å²) in [6.07, 6.45) is 1.04. The minimum atomic E-state index is -0.523. The van der Waals surface area contributed by atoms with Crippen molar-refractivity contribution >= 4 is 5.91 Å². The third kappa shape index (κ3) is 2.96. The van der Waals surface area contributed by atoms with Gasteiger partial charge in [0.2, 0.25) is 5.91 Å². The largest absolute Gasteiger partial charge is 0.494 e. The molecule has 1 aliphatic rings. The second-order valence-corrected chi connectivity index (χ2v) is 5.71. The highest BCUT2D eigenvalue weighted by atomic mass is 16.5. The highest BCUT2D eigenvalue weighted by molar-refractivity contribution is 5.89. The Morgan fingerprint density at radius 1 is 1.35 bits per heavy atom. The van der Waals surface area contributed by atoms with Crippen molar-refractivity contribution < 1.29 is 14.3 Å². The zero-order chi connectivity index (χ0) is 14.6. The first-order valence-corrected chi connectivity index (χ1v) is 7.12. The second kappa shape index (κ2) is 6.27. The van der Waals surface area contributed by atoms with Crippen molar-refractivity contribution in [1.29, 1.82) is 0 Å². The topological polar surface area (TPSA) is 47.6 Å². The summed E-state index contributed by atoms with van der Waals surface area (Å²) in [7, 11) is 1.66. The smallest absolute Gasteiger partial charge is 0.235 e. The van der Waals surface area contributed by atoms with Gasteiger partial charge in [0.1, 0.15) is 11.2 Å². The van der Waals surface area contributed by atoms with Crippen LogP contribution in [0.2, 0.25) is 0 Å². The number of likely N-dealkylation sites (N-methyl/N-ethyl adjacent to an activating group) is 1. The van der Waals surface area contributed by atoms with E-state index in [2.05, 4.69) is 19.2 Å². The standard InChI is InChI=1S/C16H23NO3/c1-12(2)8-9-20-14-6-4-13(5-7-14)16(10-19-11-16)15(18)17-3/h4-7,12H,8-11H2,1-3H3,(H,17,18). The number of benzene rings is 1. The highest BCUT2D eigenvalue weighted by Gasteiger charge is 2.46. The SMILES string of the molecule is CNC(=O)C1(c2ccc(OCCC(C)C)cc2)COC1. The van der Waals surface area contributed by atoms with Gasteiger partial charge in [-0.3, -0.25) is 4.79 Å². The minimum Gasteiger partial charge on any atom is -0.494 e. The van der Waals surface area contributed by atoms with E-state index < -0.39 is 5.41 Å². The van der Waals surface area contributed by atoms with Crippen molar-refractivity contribution in [3.8, 4) is 5.75 Å². The van der Waals surface area contributed by atoms with E-state index in [1.165, 1.54) is 0 Å². The third-order valence-electron chi connectivity index (χ3n) is 3.73. The summed E-state index contributed by atoms with van der Waals surface area (Å²) < 4.78 is 10.9. The number of ether oxygens (including phenoxy) is 2. The average Bonchev–Trinajstić information content (AvgIpc) is 2.38. The molecule has 4 nitrogen and oxygen atoms in total. The van der Waals surface area contributed by atoms with Crippen LogP contribution < -0.4 is 10.1 Å². The van der Waals surface area contributed by atoms with Crippen LogP contribution in [0.3, 0.4) is 0 Å². The van der Waals surface area contributed by atoms with Crippen LogP contribution in [0, 0.1) is 5.92 Å². The average molecular weight is 277 g/mol. The van der Waals surface area contributed by atoms with Gasteiger partial charge in [0, 0.05) is 7.05 Å². The Morgan fingerprint density at radius 3 is 2.45 bits per heavy atom. The number of carbonyl (C=O) groups is 1. The Bertz CT molecular complexity index is 449. The van der Waals surface area contributed by atoms with Crippen LogP contribution in [-0.4, -0.2) is 32.8 Å². The van der Waals surface area contributed by atoms with Crippen LogP contribution >= 0.6 is 0 Å². The van der Waals surface area contributed by atoms with Crippen LogP contribution in [0.5, 0.6) is 5.75 Å². The molecular weight excluding hydrogens is 254 g/mol. The van der Waals surface area contributed by atoms with Crippen LogP contribution in [0.4, 0.5) is 0 Å². The van der Waals surface area contributed by atoms with Gasteiger partial charge in [-0.1, -0.05) is 26.0 Å². The number of carbonyl (C=O) groups excluding carboxylic acids is 1. The predicted molar refractivity (Wildman–Crippen MR) is 78.0 cm³/mol.